The van der Waals surface area contributed by atoms with Gasteiger partial charge in [0, 0.05) is 5.56 Å². The monoisotopic (exact) mass is 273 g/mol. The SMILES string of the molecule is CCNC(c1cc(C)ccc1F)c1cc(C)nnc1C. The zero-order valence-electron chi connectivity index (χ0n) is 12.4. The van der Waals surface area contributed by atoms with E-state index in [0.717, 1.165) is 29.1 Å². The summed E-state index contributed by atoms with van der Waals surface area (Å²) in [7, 11) is 0. The van der Waals surface area contributed by atoms with Gasteiger partial charge in [-0.2, -0.15) is 10.2 Å². The third-order valence-electron chi connectivity index (χ3n) is 3.32. The molecule has 0 aliphatic rings. The van der Waals surface area contributed by atoms with Crippen LogP contribution in [0.5, 0.6) is 0 Å². The second-order valence-corrected chi connectivity index (χ2v) is 5.04. The van der Waals surface area contributed by atoms with Crippen molar-refractivity contribution in [2.75, 3.05) is 6.54 Å². The van der Waals surface area contributed by atoms with Crippen LogP contribution in [0.2, 0.25) is 0 Å². The van der Waals surface area contributed by atoms with E-state index in [-0.39, 0.29) is 11.9 Å². The summed E-state index contributed by atoms with van der Waals surface area (Å²) in [6, 6.07) is 6.96. The molecule has 1 unspecified atom stereocenters. The number of aromatic nitrogens is 2. The Bertz CT molecular complexity index is 559. The zero-order chi connectivity index (χ0) is 14.7. The van der Waals surface area contributed by atoms with Gasteiger partial charge in [0.1, 0.15) is 5.82 Å². The number of aryl methyl sites for hydroxylation is 3. The van der Waals surface area contributed by atoms with Crippen LogP contribution in [0.15, 0.2) is 24.3 Å². The second kappa shape index (κ2) is 6.09. The van der Waals surface area contributed by atoms with Crippen LogP contribution in [0.4, 0.5) is 4.39 Å². The van der Waals surface area contributed by atoms with Gasteiger partial charge in [-0.15, -0.1) is 0 Å². The van der Waals surface area contributed by atoms with Gasteiger partial charge in [-0.05, 0) is 45.0 Å². The average Bonchev–Trinajstić information content (AvgIpc) is 2.42. The molecule has 1 atom stereocenters. The summed E-state index contributed by atoms with van der Waals surface area (Å²) in [5, 5.41) is 11.5. The van der Waals surface area contributed by atoms with Crippen LogP contribution in [-0.4, -0.2) is 16.7 Å². The van der Waals surface area contributed by atoms with Crippen LogP contribution in [0, 0.1) is 26.6 Å². The third kappa shape index (κ3) is 3.02. The number of benzene rings is 1. The fraction of sp³-hybridized carbons (Fsp3) is 0.375. The number of nitrogens with zero attached hydrogens (tertiary/aromatic N) is 2. The lowest BCUT2D eigenvalue weighted by molar-refractivity contribution is 0.554. The predicted molar refractivity (Wildman–Crippen MR) is 78.2 cm³/mol. The molecule has 0 saturated carbocycles. The molecule has 0 radical (unpaired) electrons. The molecule has 4 heteroatoms. The molecule has 0 fully saturated rings. The second-order valence-electron chi connectivity index (χ2n) is 5.04. The van der Waals surface area contributed by atoms with Crippen molar-refractivity contribution in [3.8, 4) is 0 Å². The Morgan fingerprint density at radius 1 is 1.10 bits per heavy atom. The Balaban J connectivity index is 2.55. The van der Waals surface area contributed by atoms with E-state index in [1.807, 2.05) is 39.8 Å². The van der Waals surface area contributed by atoms with Gasteiger partial charge in [-0.25, -0.2) is 4.39 Å². The zero-order valence-corrected chi connectivity index (χ0v) is 12.4. The minimum atomic E-state index is -0.200. The van der Waals surface area contributed by atoms with E-state index in [4.69, 9.17) is 0 Å². The van der Waals surface area contributed by atoms with E-state index in [1.54, 1.807) is 6.07 Å². The number of rotatable bonds is 4. The highest BCUT2D eigenvalue weighted by Crippen LogP contribution is 2.27. The smallest absolute Gasteiger partial charge is 0.128 e. The highest BCUT2D eigenvalue weighted by atomic mass is 19.1. The van der Waals surface area contributed by atoms with Crippen LogP contribution in [0.3, 0.4) is 0 Å². The summed E-state index contributed by atoms with van der Waals surface area (Å²) < 4.78 is 14.2. The lowest BCUT2D eigenvalue weighted by Crippen LogP contribution is -2.24. The summed E-state index contributed by atoms with van der Waals surface area (Å²) in [5.74, 6) is -0.199. The van der Waals surface area contributed by atoms with Gasteiger partial charge in [0.2, 0.25) is 0 Å². The normalized spacial score (nSPS) is 12.4. The average molecular weight is 273 g/mol. The first-order valence-electron chi connectivity index (χ1n) is 6.83. The van der Waals surface area contributed by atoms with Gasteiger partial charge in [-0.1, -0.05) is 24.6 Å². The molecule has 1 aromatic carbocycles. The van der Waals surface area contributed by atoms with Crippen LogP contribution >= 0.6 is 0 Å². The lowest BCUT2D eigenvalue weighted by atomic mass is 9.95. The molecule has 1 heterocycles. The lowest BCUT2D eigenvalue weighted by Gasteiger charge is -2.21. The van der Waals surface area contributed by atoms with Crippen molar-refractivity contribution in [3.05, 3.63) is 58.2 Å². The molecule has 2 rings (SSSR count). The topological polar surface area (TPSA) is 37.8 Å². The molecule has 106 valence electrons. The van der Waals surface area contributed by atoms with Crippen LogP contribution in [0.1, 0.15) is 41.0 Å². The first-order chi connectivity index (χ1) is 9.52. The fourth-order valence-electron chi connectivity index (χ4n) is 2.34. The highest BCUT2D eigenvalue weighted by Gasteiger charge is 2.20. The van der Waals surface area contributed by atoms with Crippen molar-refractivity contribution in [2.24, 2.45) is 0 Å². The van der Waals surface area contributed by atoms with Crippen molar-refractivity contribution >= 4 is 0 Å². The fourth-order valence-corrected chi connectivity index (χ4v) is 2.34. The van der Waals surface area contributed by atoms with E-state index >= 15 is 0 Å². The summed E-state index contributed by atoms with van der Waals surface area (Å²) >= 11 is 0. The Morgan fingerprint density at radius 3 is 2.55 bits per heavy atom. The summed E-state index contributed by atoms with van der Waals surface area (Å²) in [4.78, 5) is 0. The van der Waals surface area contributed by atoms with Gasteiger partial charge in [-0.3, -0.25) is 0 Å². The number of halogens is 1. The molecule has 0 aliphatic carbocycles. The number of hydrogen-bond acceptors (Lipinski definition) is 3. The van der Waals surface area contributed by atoms with Crippen molar-refractivity contribution < 1.29 is 4.39 Å². The van der Waals surface area contributed by atoms with E-state index in [2.05, 4.69) is 15.5 Å². The molecule has 0 spiro atoms. The molecule has 2 aromatic rings. The van der Waals surface area contributed by atoms with Gasteiger partial charge >= 0.3 is 0 Å². The highest BCUT2D eigenvalue weighted by molar-refractivity contribution is 5.37. The van der Waals surface area contributed by atoms with Crippen LogP contribution in [0.25, 0.3) is 0 Å². The van der Waals surface area contributed by atoms with E-state index < -0.39 is 0 Å². The van der Waals surface area contributed by atoms with E-state index in [0.29, 0.717) is 5.56 Å². The van der Waals surface area contributed by atoms with Crippen molar-refractivity contribution in [1.82, 2.24) is 15.5 Å². The largest absolute Gasteiger partial charge is 0.306 e. The maximum atomic E-state index is 14.2. The molecule has 1 aromatic heterocycles. The standard InChI is InChI=1S/C16H20FN3/c1-5-18-16(13-9-11(3)19-20-12(13)4)14-8-10(2)6-7-15(14)17/h6-9,16,18H,5H2,1-4H3. The van der Waals surface area contributed by atoms with Gasteiger partial charge in [0.05, 0.1) is 17.4 Å². The maximum absolute atomic E-state index is 14.2. The van der Waals surface area contributed by atoms with Gasteiger partial charge in [0.15, 0.2) is 0 Å². The quantitative estimate of drug-likeness (QED) is 0.929. The molecule has 20 heavy (non-hydrogen) atoms. The summed E-state index contributed by atoms with van der Waals surface area (Å²) in [5.41, 5.74) is 4.33. The summed E-state index contributed by atoms with van der Waals surface area (Å²) in [6.45, 7) is 8.52. The molecule has 0 aliphatic heterocycles. The summed E-state index contributed by atoms with van der Waals surface area (Å²) in [6.07, 6.45) is 0. The van der Waals surface area contributed by atoms with Crippen molar-refractivity contribution in [3.63, 3.8) is 0 Å². The molecule has 0 saturated heterocycles. The first kappa shape index (κ1) is 14.6. The molecule has 0 bridgehead atoms. The molecular formula is C16H20FN3. The van der Waals surface area contributed by atoms with E-state index in [9.17, 15) is 4.39 Å². The first-order valence-corrected chi connectivity index (χ1v) is 6.83. The van der Waals surface area contributed by atoms with Crippen LogP contribution < -0.4 is 5.32 Å². The Kier molecular flexibility index (Phi) is 4.45. The molecule has 1 N–H and O–H groups in total. The minimum Gasteiger partial charge on any atom is -0.306 e. The molecule has 0 amide bonds. The Labute approximate surface area is 119 Å². The Morgan fingerprint density at radius 2 is 1.85 bits per heavy atom. The van der Waals surface area contributed by atoms with E-state index in [1.165, 1.54) is 6.07 Å². The minimum absolute atomic E-state index is 0.199. The van der Waals surface area contributed by atoms with Crippen molar-refractivity contribution in [1.29, 1.82) is 0 Å². The number of nitrogens with one attached hydrogen (secondary N) is 1. The van der Waals surface area contributed by atoms with Crippen LogP contribution in [-0.2, 0) is 0 Å². The Hall–Kier alpha value is -1.81. The van der Waals surface area contributed by atoms with Gasteiger partial charge in [0.25, 0.3) is 0 Å². The predicted octanol–water partition coefficient (Wildman–Crippen LogP) is 3.24. The molecular weight excluding hydrogens is 253 g/mol. The van der Waals surface area contributed by atoms with Crippen molar-refractivity contribution in [2.45, 2.75) is 33.7 Å². The number of hydrogen-bond donors (Lipinski definition) is 1. The van der Waals surface area contributed by atoms with Gasteiger partial charge < -0.3 is 5.32 Å². The third-order valence-corrected chi connectivity index (χ3v) is 3.32. The maximum Gasteiger partial charge on any atom is 0.128 e. The molecule has 3 nitrogen and oxygen atoms in total.